The molecule has 3 nitrogen and oxygen atoms in total. The molecule has 16 heavy (non-hydrogen) atoms. The maximum absolute atomic E-state index is 13.7. The van der Waals surface area contributed by atoms with Crippen LogP contribution in [0.1, 0.15) is 28.4 Å². The van der Waals surface area contributed by atoms with E-state index in [2.05, 4.69) is 15.9 Å². The van der Waals surface area contributed by atoms with Crippen LogP contribution in [0.3, 0.4) is 0 Å². The molecule has 5 heteroatoms. The lowest BCUT2D eigenvalue weighted by Crippen LogP contribution is -2.09. The van der Waals surface area contributed by atoms with Gasteiger partial charge in [-0.3, -0.25) is 0 Å². The molecular weight excluding hydrogens is 277 g/mol. The zero-order valence-electron chi connectivity index (χ0n) is 8.59. The van der Waals surface area contributed by atoms with E-state index in [4.69, 9.17) is 10.00 Å². The van der Waals surface area contributed by atoms with Gasteiger partial charge in [0.05, 0.1) is 17.7 Å². The summed E-state index contributed by atoms with van der Waals surface area (Å²) in [5, 5.41) is 8.81. The SMILES string of the molecule is CCOC(=O)c1ccc(C#N)c(F)c1CBr. The van der Waals surface area contributed by atoms with Crippen molar-refractivity contribution in [2.75, 3.05) is 6.61 Å². The van der Waals surface area contributed by atoms with Crippen LogP contribution in [0.15, 0.2) is 12.1 Å². The molecule has 0 saturated carbocycles. The first-order valence-corrected chi connectivity index (χ1v) is 5.72. The molecule has 1 aromatic rings. The lowest BCUT2D eigenvalue weighted by molar-refractivity contribution is 0.0525. The highest BCUT2D eigenvalue weighted by Gasteiger charge is 2.18. The Morgan fingerprint density at radius 1 is 1.62 bits per heavy atom. The van der Waals surface area contributed by atoms with Crippen molar-refractivity contribution < 1.29 is 13.9 Å². The van der Waals surface area contributed by atoms with E-state index in [-0.39, 0.29) is 28.6 Å². The molecule has 0 amide bonds. The number of nitrogens with zero attached hydrogens (tertiary/aromatic N) is 1. The van der Waals surface area contributed by atoms with Gasteiger partial charge in [0.2, 0.25) is 0 Å². The lowest BCUT2D eigenvalue weighted by atomic mass is 10.0. The summed E-state index contributed by atoms with van der Waals surface area (Å²) in [4.78, 5) is 11.5. The minimum atomic E-state index is -0.676. The maximum Gasteiger partial charge on any atom is 0.338 e. The van der Waals surface area contributed by atoms with Crippen LogP contribution in [0.4, 0.5) is 4.39 Å². The molecule has 1 aromatic carbocycles. The third kappa shape index (κ3) is 2.39. The minimum absolute atomic E-state index is 0.0810. The van der Waals surface area contributed by atoms with Crippen LogP contribution in [0.25, 0.3) is 0 Å². The highest BCUT2D eigenvalue weighted by molar-refractivity contribution is 9.08. The van der Waals surface area contributed by atoms with Crippen LogP contribution >= 0.6 is 15.9 Å². The summed E-state index contributed by atoms with van der Waals surface area (Å²) >= 11 is 3.08. The summed E-state index contributed by atoms with van der Waals surface area (Å²) in [5.74, 6) is -1.26. The number of carbonyl (C=O) groups is 1. The van der Waals surface area contributed by atoms with Crippen molar-refractivity contribution in [3.05, 3.63) is 34.6 Å². The Bertz CT molecular complexity index is 454. The zero-order chi connectivity index (χ0) is 12.1. The molecule has 0 heterocycles. The molecule has 0 spiro atoms. The Kier molecular flexibility index (Phi) is 4.44. The Labute approximate surface area is 101 Å². The monoisotopic (exact) mass is 285 g/mol. The van der Waals surface area contributed by atoms with Crippen molar-refractivity contribution in [2.24, 2.45) is 0 Å². The molecule has 0 aliphatic heterocycles. The molecule has 0 bridgehead atoms. The third-order valence-electron chi connectivity index (χ3n) is 1.99. The van der Waals surface area contributed by atoms with E-state index >= 15 is 0 Å². The molecule has 1 rings (SSSR count). The fraction of sp³-hybridized carbons (Fsp3) is 0.273. The number of esters is 1. The van der Waals surface area contributed by atoms with Gasteiger partial charge in [-0.1, -0.05) is 15.9 Å². The first-order valence-electron chi connectivity index (χ1n) is 4.60. The normalized spacial score (nSPS) is 9.62. The third-order valence-corrected chi connectivity index (χ3v) is 2.55. The van der Waals surface area contributed by atoms with E-state index in [9.17, 15) is 9.18 Å². The van der Waals surface area contributed by atoms with Crippen LogP contribution in [-0.2, 0) is 10.1 Å². The van der Waals surface area contributed by atoms with Gasteiger partial charge < -0.3 is 4.74 Å². The van der Waals surface area contributed by atoms with Crippen molar-refractivity contribution in [1.82, 2.24) is 0 Å². The molecule has 0 aliphatic rings. The molecule has 0 aliphatic carbocycles. The van der Waals surface area contributed by atoms with Crippen LogP contribution in [0.2, 0.25) is 0 Å². The first-order chi connectivity index (χ1) is 7.65. The van der Waals surface area contributed by atoms with E-state index in [1.165, 1.54) is 12.1 Å². The van der Waals surface area contributed by atoms with Gasteiger partial charge in [-0.2, -0.15) is 5.26 Å². The summed E-state index contributed by atoms with van der Waals surface area (Å²) in [6.45, 7) is 1.90. The van der Waals surface area contributed by atoms with Crippen LogP contribution in [-0.4, -0.2) is 12.6 Å². The summed E-state index contributed by atoms with van der Waals surface area (Å²) < 4.78 is 18.5. The second-order valence-electron chi connectivity index (χ2n) is 2.92. The fourth-order valence-corrected chi connectivity index (χ4v) is 1.79. The van der Waals surface area contributed by atoms with E-state index in [0.29, 0.717) is 0 Å². The topological polar surface area (TPSA) is 50.1 Å². The van der Waals surface area contributed by atoms with Gasteiger partial charge in [0.1, 0.15) is 11.9 Å². The Balaban J connectivity index is 3.27. The van der Waals surface area contributed by atoms with Crippen molar-refractivity contribution in [1.29, 1.82) is 5.26 Å². The molecule has 0 saturated heterocycles. The fourth-order valence-electron chi connectivity index (χ4n) is 1.24. The number of nitriles is 1. The quantitative estimate of drug-likeness (QED) is 0.634. The standard InChI is InChI=1S/C11H9BrFNO2/c1-2-16-11(15)8-4-3-7(6-14)10(13)9(8)5-12/h3-4H,2,5H2,1H3. The van der Waals surface area contributed by atoms with Crippen molar-refractivity contribution in [3.8, 4) is 6.07 Å². The van der Waals surface area contributed by atoms with Gasteiger partial charge in [0, 0.05) is 10.9 Å². The number of hydrogen-bond acceptors (Lipinski definition) is 3. The van der Waals surface area contributed by atoms with Crippen molar-refractivity contribution in [3.63, 3.8) is 0 Å². The summed E-state index contributed by atoms with van der Waals surface area (Å²) in [6, 6.07) is 4.39. The summed E-state index contributed by atoms with van der Waals surface area (Å²) in [6.07, 6.45) is 0. The smallest absolute Gasteiger partial charge is 0.338 e. The van der Waals surface area contributed by atoms with E-state index in [1.807, 2.05) is 0 Å². The molecule has 0 unspecified atom stereocenters. The molecule has 0 aromatic heterocycles. The van der Waals surface area contributed by atoms with Gasteiger partial charge in [-0.25, -0.2) is 9.18 Å². The predicted octanol–water partition coefficient (Wildman–Crippen LogP) is 2.77. The number of benzene rings is 1. The van der Waals surface area contributed by atoms with Crippen molar-refractivity contribution >= 4 is 21.9 Å². The van der Waals surface area contributed by atoms with E-state index < -0.39 is 11.8 Å². The number of hydrogen-bond donors (Lipinski definition) is 0. The Morgan fingerprint density at radius 2 is 2.31 bits per heavy atom. The van der Waals surface area contributed by atoms with Gasteiger partial charge in [0.25, 0.3) is 0 Å². The second-order valence-corrected chi connectivity index (χ2v) is 3.48. The molecule has 0 radical (unpaired) electrons. The van der Waals surface area contributed by atoms with Gasteiger partial charge >= 0.3 is 5.97 Å². The number of rotatable bonds is 3. The summed E-state index contributed by atoms with van der Waals surface area (Å²) in [5.41, 5.74) is 0.218. The number of halogens is 2. The minimum Gasteiger partial charge on any atom is -0.462 e. The molecule has 0 atom stereocenters. The van der Waals surface area contributed by atoms with Gasteiger partial charge in [0.15, 0.2) is 0 Å². The first kappa shape index (κ1) is 12.7. The zero-order valence-corrected chi connectivity index (χ0v) is 10.2. The Hall–Kier alpha value is -1.41. The predicted molar refractivity (Wildman–Crippen MR) is 59.7 cm³/mol. The largest absolute Gasteiger partial charge is 0.462 e. The highest BCUT2D eigenvalue weighted by Crippen LogP contribution is 2.21. The second kappa shape index (κ2) is 5.61. The number of ether oxygens (including phenoxy) is 1. The highest BCUT2D eigenvalue weighted by atomic mass is 79.9. The van der Waals surface area contributed by atoms with Crippen LogP contribution in [0.5, 0.6) is 0 Å². The summed E-state index contributed by atoms with van der Waals surface area (Å²) in [7, 11) is 0. The van der Waals surface area contributed by atoms with Gasteiger partial charge in [-0.15, -0.1) is 0 Å². The van der Waals surface area contributed by atoms with Crippen LogP contribution in [0, 0.1) is 17.1 Å². The van der Waals surface area contributed by atoms with Crippen molar-refractivity contribution in [2.45, 2.75) is 12.3 Å². The average Bonchev–Trinajstić information content (AvgIpc) is 2.28. The van der Waals surface area contributed by atoms with E-state index in [0.717, 1.165) is 0 Å². The van der Waals surface area contributed by atoms with E-state index in [1.54, 1.807) is 13.0 Å². The molecule has 0 N–H and O–H groups in total. The molecule has 84 valence electrons. The average molecular weight is 286 g/mol. The van der Waals surface area contributed by atoms with Gasteiger partial charge in [-0.05, 0) is 19.1 Å². The lowest BCUT2D eigenvalue weighted by Gasteiger charge is -2.08. The number of carbonyl (C=O) groups excluding carboxylic acids is 1. The Morgan fingerprint density at radius 3 is 2.81 bits per heavy atom. The number of alkyl halides is 1. The molecular formula is C11H9BrFNO2. The molecule has 0 fully saturated rings. The maximum atomic E-state index is 13.7. The van der Waals surface area contributed by atoms with Crippen LogP contribution < -0.4 is 0 Å².